The van der Waals surface area contributed by atoms with Gasteiger partial charge in [0, 0.05) is 5.56 Å². The molecule has 0 saturated heterocycles. The second-order valence-corrected chi connectivity index (χ2v) is 4.90. The lowest BCUT2D eigenvalue weighted by Gasteiger charge is -2.15. The third-order valence-electron chi connectivity index (χ3n) is 3.42. The standard InChI is InChI=1S/C15H21N3O2/c1-10-9-17-18(15(10)16)11(2)7-12-5-6-13(19-3)14(8-12)20-4/h5-6,8-9,11H,7,16H2,1-4H3. The number of hydrogen-bond donors (Lipinski definition) is 1. The first kappa shape index (κ1) is 14.2. The molecule has 0 fully saturated rings. The highest BCUT2D eigenvalue weighted by atomic mass is 16.5. The quantitative estimate of drug-likeness (QED) is 0.911. The molecule has 0 bridgehead atoms. The lowest BCUT2D eigenvalue weighted by molar-refractivity contribution is 0.354. The fourth-order valence-electron chi connectivity index (χ4n) is 2.24. The molecule has 1 unspecified atom stereocenters. The Kier molecular flexibility index (Phi) is 4.17. The van der Waals surface area contributed by atoms with Gasteiger partial charge in [-0.05, 0) is 38.0 Å². The van der Waals surface area contributed by atoms with Crippen molar-refractivity contribution in [2.24, 2.45) is 0 Å². The number of nitrogens with two attached hydrogens (primary N) is 1. The van der Waals surface area contributed by atoms with E-state index < -0.39 is 0 Å². The molecule has 1 heterocycles. The number of rotatable bonds is 5. The van der Waals surface area contributed by atoms with Crippen molar-refractivity contribution >= 4 is 5.82 Å². The van der Waals surface area contributed by atoms with E-state index in [9.17, 15) is 0 Å². The van der Waals surface area contributed by atoms with Crippen molar-refractivity contribution < 1.29 is 9.47 Å². The Hall–Kier alpha value is -2.17. The molecule has 5 nitrogen and oxygen atoms in total. The number of nitrogens with zero attached hydrogens (tertiary/aromatic N) is 2. The summed E-state index contributed by atoms with van der Waals surface area (Å²) < 4.78 is 12.4. The van der Waals surface area contributed by atoms with Gasteiger partial charge < -0.3 is 15.2 Å². The van der Waals surface area contributed by atoms with E-state index in [4.69, 9.17) is 15.2 Å². The highest BCUT2D eigenvalue weighted by Gasteiger charge is 2.13. The first-order chi connectivity index (χ1) is 9.56. The molecule has 1 atom stereocenters. The van der Waals surface area contributed by atoms with E-state index in [-0.39, 0.29) is 6.04 Å². The van der Waals surface area contributed by atoms with Gasteiger partial charge in [0.1, 0.15) is 5.82 Å². The molecule has 0 spiro atoms. The number of nitrogen functional groups attached to an aromatic ring is 1. The van der Waals surface area contributed by atoms with E-state index in [2.05, 4.69) is 12.0 Å². The zero-order chi connectivity index (χ0) is 14.7. The predicted molar refractivity (Wildman–Crippen MR) is 79.3 cm³/mol. The van der Waals surface area contributed by atoms with E-state index in [1.165, 1.54) is 0 Å². The predicted octanol–water partition coefficient (Wildman–Crippen LogP) is 2.59. The van der Waals surface area contributed by atoms with Gasteiger partial charge in [-0.15, -0.1) is 0 Å². The Morgan fingerprint density at radius 2 is 1.95 bits per heavy atom. The molecule has 0 amide bonds. The van der Waals surface area contributed by atoms with Crippen LogP contribution in [0.5, 0.6) is 11.5 Å². The van der Waals surface area contributed by atoms with Crippen molar-refractivity contribution in [2.75, 3.05) is 20.0 Å². The summed E-state index contributed by atoms with van der Waals surface area (Å²) in [5.74, 6) is 2.19. The lowest BCUT2D eigenvalue weighted by atomic mass is 10.1. The number of benzene rings is 1. The highest BCUT2D eigenvalue weighted by molar-refractivity contribution is 5.43. The monoisotopic (exact) mass is 275 g/mol. The molecule has 2 aromatic rings. The van der Waals surface area contributed by atoms with Crippen LogP contribution in [0, 0.1) is 6.92 Å². The van der Waals surface area contributed by atoms with Crippen LogP contribution in [0.3, 0.4) is 0 Å². The molecule has 0 aliphatic heterocycles. The van der Waals surface area contributed by atoms with Crippen LogP contribution in [0.2, 0.25) is 0 Å². The number of ether oxygens (including phenoxy) is 2. The summed E-state index contributed by atoms with van der Waals surface area (Å²) in [5, 5.41) is 4.32. The van der Waals surface area contributed by atoms with Crippen molar-refractivity contribution in [2.45, 2.75) is 26.3 Å². The first-order valence-corrected chi connectivity index (χ1v) is 6.57. The topological polar surface area (TPSA) is 62.3 Å². The van der Waals surface area contributed by atoms with Crippen LogP contribution >= 0.6 is 0 Å². The minimum absolute atomic E-state index is 0.182. The molecule has 1 aromatic heterocycles. The molecule has 0 radical (unpaired) electrons. The number of aryl methyl sites for hydroxylation is 1. The summed E-state index contributed by atoms with van der Waals surface area (Å²) in [5.41, 5.74) is 8.17. The molecule has 20 heavy (non-hydrogen) atoms. The molecule has 1 aromatic carbocycles. The molecule has 5 heteroatoms. The van der Waals surface area contributed by atoms with E-state index in [1.54, 1.807) is 20.4 Å². The van der Waals surface area contributed by atoms with Crippen LogP contribution < -0.4 is 15.2 Å². The van der Waals surface area contributed by atoms with Crippen LogP contribution in [0.4, 0.5) is 5.82 Å². The molecular weight excluding hydrogens is 254 g/mol. The Bertz CT molecular complexity index is 593. The number of hydrogen-bond acceptors (Lipinski definition) is 4. The van der Waals surface area contributed by atoms with Crippen molar-refractivity contribution in [3.05, 3.63) is 35.5 Å². The van der Waals surface area contributed by atoms with Gasteiger partial charge in [0.25, 0.3) is 0 Å². The van der Waals surface area contributed by atoms with E-state index in [0.717, 1.165) is 34.9 Å². The van der Waals surface area contributed by atoms with Gasteiger partial charge in [-0.25, -0.2) is 4.68 Å². The van der Waals surface area contributed by atoms with Gasteiger partial charge in [-0.1, -0.05) is 6.07 Å². The molecule has 2 N–H and O–H groups in total. The summed E-state index contributed by atoms with van der Waals surface area (Å²) in [4.78, 5) is 0. The van der Waals surface area contributed by atoms with E-state index >= 15 is 0 Å². The highest BCUT2D eigenvalue weighted by Crippen LogP contribution is 2.29. The zero-order valence-corrected chi connectivity index (χ0v) is 12.4. The Balaban J connectivity index is 2.19. The summed E-state index contributed by atoms with van der Waals surface area (Å²) in [6, 6.07) is 6.12. The Labute approximate surface area is 119 Å². The van der Waals surface area contributed by atoms with E-state index in [0.29, 0.717) is 0 Å². The van der Waals surface area contributed by atoms with Crippen LogP contribution in [0.1, 0.15) is 24.1 Å². The lowest BCUT2D eigenvalue weighted by Crippen LogP contribution is -2.13. The molecule has 0 aliphatic carbocycles. The van der Waals surface area contributed by atoms with Crippen LogP contribution in [0.25, 0.3) is 0 Å². The second-order valence-electron chi connectivity index (χ2n) is 4.90. The molecule has 0 saturated carbocycles. The fraction of sp³-hybridized carbons (Fsp3) is 0.400. The molecular formula is C15H21N3O2. The summed E-state index contributed by atoms with van der Waals surface area (Å²) in [6.45, 7) is 4.06. The normalized spacial score (nSPS) is 12.2. The Morgan fingerprint density at radius 1 is 1.25 bits per heavy atom. The van der Waals surface area contributed by atoms with Crippen LogP contribution in [-0.2, 0) is 6.42 Å². The Morgan fingerprint density at radius 3 is 2.50 bits per heavy atom. The smallest absolute Gasteiger partial charge is 0.160 e. The van der Waals surface area contributed by atoms with Gasteiger partial charge in [0.05, 0.1) is 26.5 Å². The average Bonchev–Trinajstić information content (AvgIpc) is 2.79. The van der Waals surface area contributed by atoms with Crippen molar-refractivity contribution in [3.63, 3.8) is 0 Å². The summed E-state index contributed by atoms with van der Waals surface area (Å²) >= 11 is 0. The van der Waals surface area contributed by atoms with E-state index in [1.807, 2.05) is 29.8 Å². The SMILES string of the molecule is COc1ccc(CC(C)n2ncc(C)c2N)cc1OC. The molecule has 108 valence electrons. The van der Waals surface area contributed by atoms with Crippen molar-refractivity contribution in [1.29, 1.82) is 0 Å². The van der Waals surface area contributed by atoms with Gasteiger partial charge in [-0.2, -0.15) is 5.10 Å². The zero-order valence-electron chi connectivity index (χ0n) is 12.4. The van der Waals surface area contributed by atoms with Crippen molar-refractivity contribution in [1.82, 2.24) is 9.78 Å². The number of methoxy groups -OCH3 is 2. The third-order valence-corrected chi connectivity index (χ3v) is 3.42. The van der Waals surface area contributed by atoms with Crippen LogP contribution in [0.15, 0.2) is 24.4 Å². The minimum Gasteiger partial charge on any atom is -0.493 e. The molecule has 2 rings (SSSR count). The summed E-state index contributed by atoms with van der Waals surface area (Å²) in [7, 11) is 3.27. The van der Waals surface area contributed by atoms with Crippen LogP contribution in [-0.4, -0.2) is 24.0 Å². The van der Waals surface area contributed by atoms with Gasteiger partial charge in [-0.3, -0.25) is 0 Å². The molecule has 0 aliphatic rings. The van der Waals surface area contributed by atoms with Gasteiger partial charge >= 0.3 is 0 Å². The average molecular weight is 275 g/mol. The van der Waals surface area contributed by atoms with Gasteiger partial charge in [0.15, 0.2) is 11.5 Å². The maximum absolute atomic E-state index is 6.01. The number of anilines is 1. The largest absolute Gasteiger partial charge is 0.493 e. The second kappa shape index (κ2) is 5.86. The maximum Gasteiger partial charge on any atom is 0.160 e. The maximum atomic E-state index is 6.01. The number of aromatic nitrogens is 2. The summed E-state index contributed by atoms with van der Waals surface area (Å²) in [6.07, 6.45) is 2.62. The minimum atomic E-state index is 0.182. The third kappa shape index (κ3) is 2.71. The first-order valence-electron chi connectivity index (χ1n) is 6.57. The fourth-order valence-corrected chi connectivity index (χ4v) is 2.24. The van der Waals surface area contributed by atoms with Crippen molar-refractivity contribution in [3.8, 4) is 11.5 Å². The van der Waals surface area contributed by atoms with Gasteiger partial charge in [0.2, 0.25) is 0 Å².